The molecule has 2 aromatic heterocycles. The molecule has 0 aliphatic carbocycles. The molecule has 0 atom stereocenters. The smallest absolute Gasteiger partial charge is 0.347 e. The number of rotatable bonds is 3. The van der Waals surface area contributed by atoms with Crippen molar-refractivity contribution in [3.05, 3.63) is 80.1 Å². The van der Waals surface area contributed by atoms with Crippen LogP contribution in [0.15, 0.2) is 56.5 Å². The molecule has 5 heteroatoms. The first-order valence-electron chi connectivity index (χ1n) is 7.20. The van der Waals surface area contributed by atoms with Gasteiger partial charge in [-0.1, -0.05) is 30.3 Å². The summed E-state index contributed by atoms with van der Waals surface area (Å²) in [5, 5.41) is 0.233. The fraction of sp³-hybridized carbons (Fsp3) is 0.167. The molecule has 0 spiro atoms. The summed E-state index contributed by atoms with van der Waals surface area (Å²) in [5.74, 6) is -0.421. The predicted molar refractivity (Wildman–Crippen MR) is 87.0 cm³/mol. The first kappa shape index (κ1) is 15.0. The highest BCUT2D eigenvalue weighted by molar-refractivity contribution is 5.96. The zero-order valence-corrected chi connectivity index (χ0v) is 12.8. The minimum atomic E-state index is -0.718. The second-order valence-electron chi connectivity index (χ2n) is 5.44. The van der Waals surface area contributed by atoms with Gasteiger partial charge in [-0.2, -0.15) is 0 Å². The minimum Gasteiger partial charge on any atom is -0.422 e. The summed E-state index contributed by atoms with van der Waals surface area (Å²) in [6.45, 7) is 3.47. The van der Waals surface area contributed by atoms with E-state index < -0.39 is 11.4 Å². The second kappa shape index (κ2) is 5.68. The molecule has 0 aliphatic rings. The molecule has 1 aromatic carbocycles. The predicted octanol–water partition coefficient (Wildman–Crippen LogP) is 2.51. The fourth-order valence-corrected chi connectivity index (χ4v) is 2.54. The Morgan fingerprint density at radius 3 is 2.48 bits per heavy atom. The number of aryl methyl sites for hydroxylation is 1. The molecule has 0 amide bonds. The number of Topliss-reactive ketones (excluding diaryl/α,β-unsaturated/α-hetero) is 1. The Morgan fingerprint density at radius 1 is 1.13 bits per heavy atom. The van der Waals surface area contributed by atoms with E-state index in [1.54, 1.807) is 17.6 Å². The van der Waals surface area contributed by atoms with Gasteiger partial charge in [0, 0.05) is 11.8 Å². The van der Waals surface area contributed by atoms with Crippen molar-refractivity contribution in [2.45, 2.75) is 20.4 Å². The van der Waals surface area contributed by atoms with E-state index in [2.05, 4.69) is 0 Å². The van der Waals surface area contributed by atoms with E-state index in [9.17, 15) is 14.4 Å². The summed E-state index contributed by atoms with van der Waals surface area (Å²) >= 11 is 0. The molecule has 0 radical (unpaired) electrons. The molecule has 3 rings (SSSR count). The summed E-state index contributed by atoms with van der Waals surface area (Å²) in [4.78, 5) is 36.0. The number of hydrogen-bond acceptors (Lipinski definition) is 4. The van der Waals surface area contributed by atoms with Gasteiger partial charge in [0.1, 0.15) is 11.1 Å². The summed E-state index contributed by atoms with van der Waals surface area (Å²) in [7, 11) is 0. The van der Waals surface area contributed by atoms with Gasteiger partial charge in [-0.3, -0.25) is 9.59 Å². The third-order valence-electron chi connectivity index (χ3n) is 3.78. The maximum atomic E-state index is 12.7. The summed E-state index contributed by atoms with van der Waals surface area (Å²) < 4.78 is 6.73. The lowest BCUT2D eigenvalue weighted by molar-refractivity contribution is 0.101. The lowest BCUT2D eigenvalue weighted by Crippen LogP contribution is -2.24. The SMILES string of the molecule is CC(=O)c1cc2c(=O)n(Cc3ccccc3)c(C)cc2oc1=O. The van der Waals surface area contributed by atoms with Gasteiger partial charge in [0.05, 0.1) is 11.9 Å². The van der Waals surface area contributed by atoms with E-state index in [4.69, 9.17) is 4.42 Å². The average molecular weight is 309 g/mol. The third kappa shape index (κ3) is 2.73. The van der Waals surface area contributed by atoms with Crippen LogP contribution in [-0.2, 0) is 6.54 Å². The molecule has 3 aromatic rings. The number of pyridine rings is 1. The normalized spacial score (nSPS) is 10.9. The number of ketones is 1. The van der Waals surface area contributed by atoms with Crippen LogP contribution in [-0.4, -0.2) is 10.4 Å². The molecule has 0 saturated heterocycles. The van der Waals surface area contributed by atoms with E-state index in [0.29, 0.717) is 12.2 Å². The highest BCUT2D eigenvalue weighted by Crippen LogP contribution is 2.13. The number of carbonyl (C=O) groups excluding carboxylic acids is 1. The van der Waals surface area contributed by atoms with Crippen molar-refractivity contribution in [1.82, 2.24) is 4.57 Å². The van der Waals surface area contributed by atoms with Gasteiger partial charge in [0.15, 0.2) is 5.78 Å². The topological polar surface area (TPSA) is 69.3 Å². The van der Waals surface area contributed by atoms with E-state index >= 15 is 0 Å². The molecule has 23 heavy (non-hydrogen) atoms. The first-order chi connectivity index (χ1) is 11.0. The average Bonchev–Trinajstić information content (AvgIpc) is 2.51. The molecular formula is C18H15NO4. The maximum absolute atomic E-state index is 12.7. The van der Waals surface area contributed by atoms with E-state index in [0.717, 1.165) is 5.56 Å². The van der Waals surface area contributed by atoms with Crippen LogP contribution in [0.25, 0.3) is 11.0 Å². The first-order valence-corrected chi connectivity index (χ1v) is 7.20. The molecule has 5 nitrogen and oxygen atoms in total. The standard InChI is InChI=1S/C18H15NO4/c1-11-8-16-15(9-14(12(2)20)18(22)23-16)17(21)19(11)10-13-6-4-3-5-7-13/h3-9H,10H2,1-2H3. The summed E-state index contributed by atoms with van der Waals surface area (Å²) in [5.41, 5.74) is 0.766. The van der Waals surface area contributed by atoms with Gasteiger partial charge < -0.3 is 8.98 Å². The molecule has 0 aliphatic heterocycles. The van der Waals surface area contributed by atoms with Crippen molar-refractivity contribution in [1.29, 1.82) is 0 Å². The number of hydrogen-bond donors (Lipinski definition) is 0. The Morgan fingerprint density at radius 2 is 1.83 bits per heavy atom. The lowest BCUT2D eigenvalue weighted by atomic mass is 10.1. The number of fused-ring (bicyclic) bond motifs is 1. The Hall–Kier alpha value is -2.95. The fourth-order valence-electron chi connectivity index (χ4n) is 2.54. The maximum Gasteiger partial charge on any atom is 0.347 e. The van der Waals surface area contributed by atoms with Crippen molar-refractivity contribution in [3.8, 4) is 0 Å². The number of aromatic nitrogens is 1. The summed E-state index contributed by atoms with van der Waals surface area (Å²) in [6, 6.07) is 12.6. The van der Waals surface area contributed by atoms with Crippen LogP contribution >= 0.6 is 0 Å². The van der Waals surface area contributed by atoms with Gasteiger partial charge in [0.2, 0.25) is 0 Å². The number of nitrogens with zero attached hydrogens (tertiary/aromatic N) is 1. The second-order valence-corrected chi connectivity index (χ2v) is 5.44. The molecule has 0 bridgehead atoms. The van der Waals surface area contributed by atoms with Crippen molar-refractivity contribution in [2.24, 2.45) is 0 Å². The van der Waals surface area contributed by atoms with Crippen LogP contribution in [0.5, 0.6) is 0 Å². The minimum absolute atomic E-state index is 0.107. The third-order valence-corrected chi connectivity index (χ3v) is 3.78. The van der Waals surface area contributed by atoms with Gasteiger partial charge in [0.25, 0.3) is 5.56 Å². The Kier molecular flexibility index (Phi) is 3.70. The zero-order chi connectivity index (χ0) is 16.6. The van der Waals surface area contributed by atoms with E-state index in [1.165, 1.54) is 13.0 Å². The van der Waals surface area contributed by atoms with Gasteiger partial charge in [-0.25, -0.2) is 4.79 Å². The molecule has 116 valence electrons. The highest BCUT2D eigenvalue weighted by Gasteiger charge is 2.14. The summed E-state index contributed by atoms with van der Waals surface area (Å²) in [6.07, 6.45) is 0. The Labute approximate surface area is 131 Å². The van der Waals surface area contributed by atoms with Gasteiger partial charge in [-0.05, 0) is 25.5 Å². The van der Waals surface area contributed by atoms with Crippen LogP contribution in [0, 0.1) is 6.92 Å². The molecule has 0 unspecified atom stereocenters. The quantitative estimate of drug-likeness (QED) is 0.697. The van der Waals surface area contributed by atoms with Crippen LogP contribution in [0.4, 0.5) is 0 Å². The zero-order valence-electron chi connectivity index (χ0n) is 12.8. The van der Waals surface area contributed by atoms with E-state index in [1.807, 2.05) is 30.3 Å². The van der Waals surface area contributed by atoms with Crippen molar-refractivity contribution >= 4 is 16.8 Å². The number of carbonyl (C=O) groups is 1. The number of benzene rings is 1. The largest absolute Gasteiger partial charge is 0.422 e. The molecule has 0 saturated carbocycles. The monoisotopic (exact) mass is 309 g/mol. The van der Waals surface area contributed by atoms with Gasteiger partial charge >= 0.3 is 5.63 Å². The molecular weight excluding hydrogens is 294 g/mol. The van der Waals surface area contributed by atoms with Crippen LogP contribution < -0.4 is 11.2 Å². The van der Waals surface area contributed by atoms with Crippen molar-refractivity contribution in [3.63, 3.8) is 0 Å². The van der Waals surface area contributed by atoms with Crippen LogP contribution in [0.2, 0.25) is 0 Å². The molecule has 0 N–H and O–H groups in total. The lowest BCUT2D eigenvalue weighted by Gasteiger charge is -2.11. The van der Waals surface area contributed by atoms with Gasteiger partial charge in [-0.15, -0.1) is 0 Å². The Balaban J connectivity index is 2.24. The van der Waals surface area contributed by atoms with Crippen LogP contribution in [0.3, 0.4) is 0 Å². The van der Waals surface area contributed by atoms with E-state index in [-0.39, 0.29) is 22.1 Å². The van der Waals surface area contributed by atoms with Crippen molar-refractivity contribution in [2.75, 3.05) is 0 Å². The van der Waals surface area contributed by atoms with Crippen molar-refractivity contribution < 1.29 is 9.21 Å². The molecule has 2 heterocycles. The highest BCUT2D eigenvalue weighted by atomic mass is 16.4. The van der Waals surface area contributed by atoms with Crippen LogP contribution in [0.1, 0.15) is 28.5 Å². The Bertz CT molecular complexity index is 1010. The molecule has 0 fully saturated rings.